The molecule has 94 valence electrons. The van der Waals surface area contributed by atoms with E-state index in [-0.39, 0.29) is 5.69 Å². The van der Waals surface area contributed by atoms with Crippen LogP contribution in [0.1, 0.15) is 15.9 Å². The Kier molecular flexibility index (Phi) is 3.10. The molecule has 0 aliphatic rings. The minimum absolute atomic E-state index is 0.107. The smallest absolute Gasteiger partial charge is 0.367 e. The van der Waals surface area contributed by atoms with Gasteiger partial charge in [0.15, 0.2) is 0 Å². The highest BCUT2D eigenvalue weighted by Gasteiger charge is 2.30. The van der Waals surface area contributed by atoms with Crippen molar-refractivity contribution in [3.8, 4) is 0 Å². The van der Waals surface area contributed by atoms with E-state index in [0.29, 0.717) is 5.56 Å². The molecule has 0 saturated heterocycles. The summed E-state index contributed by atoms with van der Waals surface area (Å²) >= 11 is 0. The molecule has 1 amide bonds. The van der Waals surface area contributed by atoms with Gasteiger partial charge in [-0.15, -0.1) is 0 Å². The Morgan fingerprint density at radius 1 is 1.22 bits per heavy atom. The van der Waals surface area contributed by atoms with Gasteiger partial charge in [0.2, 0.25) is 0 Å². The molecule has 0 spiro atoms. The highest BCUT2D eigenvalue weighted by atomic mass is 19.4. The number of alkyl halides is 3. The number of nitrogens with one attached hydrogen (secondary N) is 2. The average Bonchev–Trinajstić information content (AvgIpc) is 2.81. The maximum Gasteiger partial charge on any atom is 0.416 e. The first-order chi connectivity index (χ1) is 8.47. The van der Waals surface area contributed by atoms with Crippen molar-refractivity contribution in [2.24, 2.45) is 0 Å². The minimum Gasteiger partial charge on any atom is -0.367 e. The largest absolute Gasteiger partial charge is 0.416 e. The molecule has 0 aliphatic heterocycles. The van der Waals surface area contributed by atoms with Crippen LogP contribution in [0.25, 0.3) is 0 Å². The molecule has 0 atom stereocenters. The second-order valence-electron chi connectivity index (χ2n) is 3.63. The van der Waals surface area contributed by atoms with E-state index in [9.17, 15) is 18.0 Å². The van der Waals surface area contributed by atoms with Gasteiger partial charge in [-0.2, -0.15) is 13.2 Å². The third kappa shape index (κ3) is 2.71. The van der Waals surface area contributed by atoms with E-state index in [4.69, 9.17) is 0 Å². The average molecular weight is 254 g/mol. The standard InChI is InChI=1S/C12H9F3N2O/c13-12(14,15)9-2-1-3-10(6-9)17-11(18)8-4-5-16-7-8/h1-7,16H,(H,17,18). The zero-order chi connectivity index (χ0) is 13.2. The van der Waals surface area contributed by atoms with Crippen molar-refractivity contribution in [3.05, 3.63) is 53.9 Å². The molecule has 3 nitrogen and oxygen atoms in total. The normalized spacial score (nSPS) is 11.3. The van der Waals surface area contributed by atoms with Crippen molar-refractivity contribution in [1.29, 1.82) is 0 Å². The van der Waals surface area contributed by atoms with Crippen LogP contribution in [0, 0.1) is 0 Å². The molecule has 2 rings (SSSR count). The molecular weight excluding hydrogens is 245 g/mol. The van der Waals surface area contributed by atoms with Crippen LogP contribution in [0.3, 0.4) is 0 Å². The second-order valence-corrected chi connectivity index (χ2v) is 3.63. The Balaban J connectivity index is 2.18. The van der Waals surface area contributed by atoms with Gasteiger partial charge in [-0.25, -0.2) is 0 Å². The Bertz CT molecular complexity index is 547. The van der Waals surface area contributed by atoms with E-state index in [1.54, 1.807) is 6.20 Å². The lowest BCUT2D eigenvalue weighted by Gasteiger charge is -2.09. The van der Waals surface area contributed by atoms with Crippen molar-refractivity contribution in [2.45, 2.75) is 6.18 Å². The fourth-order valence-corrected chi connectivity index (χ4v) is 1.44. The number of aromatic nitrogens is 1. The van der Waals surface area contributed by atoms with Crippen molar-refractivity contribution in [1.82, 2.24) is 4.98 Å². The van der Waals surface area contributed by atoms with Crippen LogP contribution >= 0.6 is 0 Å². The van der Waals surface area contributed by atoms with Crippen LogP contribution in [0.4, 0.5) is 18.9 Å². The van der Waals surface area contributed by atoms with Gasteiger partial charge in [-0.1, -0.05) is 6.07 Å². The quantitative estimate of drug-likeness (QED) is 0.848. The third-order valence-corrected chi connectivity index (χ3v) is 2.31. The Hall–Kier alpha value is -2.24. The molecule has 1 aromatic carbocycles. The number of hydrogen-bond acceptors (Lipinski definition) is 1. The van der Waals surface area contributed by atoms with Gasteiger partial charge in [0.25, 0.3) is 5.91 Å². The van der Waals surface area contributed by atoms with E-state index < -0.39 is 17.6 Å². The molecule has 1 heterocycles. The number of anilines is 1. The van der Waals surface area contributed by atoms with Crippen molar-refractivity contribution >= 4 is 11.6 Å². The van der Waals surface area contributed by atoms with E-state index in [0.717, 1.165) is 12.1 Å². The first kappa shape index (κ1) is 12.2. The van der Waals surface area contributed by atoms with Crippen LogP contribution in [0.15, 0.2) is 42.7 Å². The number of benzene rings is 1. The molecule has 0 saturated carbocycles. The summed E-state index contributed by atoms with van der Waals surface area (Å²) in [6.07, 6.45) is -1.40. The Morgan fingerprint density at radius 2 is 2.00 bits per heavy atom. The summed E-state index contributed by atoms with van der Waals surface area (Å²) in [5.41, 5.74) is -0.335. The lowest BCUT2D eigenvalue weighted by atomic mass is 10.2. The predicted molar refractivity (Wildman–Crippen MR) is 60.2 cm³/mol. The van der Waals surface area contributed by atoms with Gasteiger partial charge in [-0.3, -0.25) is 4.79 Å². The van der Waals surface area contributed by atoms with E-state index in [1.165, 1.54) is 24.4 Å². The molecule has 2 N–H and O–H groups in total. The van der Waals surface area contributed by atoms with Gasteiger partial charge in [0.05, 0.1) is 11.1 Å². The van der Waals surface area contributed by atoms with Crippen molar-refractivity contribution in [3.63, 3.8) is 0 Å². The van der Waals surface area contributed by atoms with Crippen LogP contribution in [0.2, 0.25) is 0 Å². The second kappa shape index (κ2) is 4.56. The van der Waals surface area contributed by atoms with Gasteiger partial charge >= 0.3 is 6.18 Å². The molecular formula is C12H9F3N2O. The molecule has 18 heavy (non-hydrogen) atoms. The molecule has 0 bridgehead atoms. The van der Waals surface area contributed by atoms with Crippen molar-refractivity contribution in [2.75, 3.05) is 5.32 Å². The fourth-order valence-electron chi connectivity index (χ4n) is 1.44. The number of carbonyl (C=O) groups is 1. The summed E-state index contributed by atoms with van der Waals surface area (Å²) in [5, 5.41) is 2.40. The zero-order valence-electron chi connectivity index (χ0n) is 9.08. The van der Waals surface area contributed by atoms with E-state index in [2.05, 4.69) is 10.3 Å². The maximum atomic E-state index is 12.5. The summed E-state index contributed by atoms with van der Waals surface area (Å²) in [5.74, 6) is -0.462. The van der Waals surface area contributed by atoms with Crippen LogP contribution in [0.5, 0.6) is 0 Å². The summed E-state index contributed by atoms with van der Waals surface area (Å²) in [6.45, 7) is 0. The van der Waals surface area contributed by atoms with Gasteiger partial charge in [-0.05, 0) is 24.3 Å². The highest BCUT2D eigenvalue weighted by molar-refractivity contribution is 6.04. The number of aromatic amines is 1. The highest BCUT2D eigenvalue weighted by Crippen LogP contribution is 2.30. The third-order valence-electron chi connectivity index (χ3n) is 2.31. The summed E-state index contributed by atoms with van der Waals surface area (Å²) in [4.78, 5) is 14.3. The Morgan fingerprint density at radius 3 is 2.61 bits per heavy atom. The van der Waals surface area contributed by atoms with Gasteiger partial charge in [0.1, 0.15) is 0 Å². The number of hydrogen-bond donors (Lipinski definition) is 2. The number of carbonyl (C=O) groups excluding carboxylic acids is 1. The van der Waals surface area contributed by atoms with Crippen LogP contribution in [-0.2, 0) is 6.18 Å². The van der Waals surface area contributed by atoms with Crippen LogP contribution < -0.4 is 5.32 Å². The first-order valence-corrected chi connectivity index (χ1v) is 5.08. The lowest BCUT2D eigenvalue weighted by molar-refractivity contribution is -0.137. The number of amides is 1. The molecule has 1 aromatic heterocycles. The van der Waals surface area contributed by atoms with E-state index >= 15 is 0 Å². The molecule has 0 unspecified atom stereocenters. The molecule has 0 fully saturated rings. The predicted octanol–water partition coefficient (Wildman–Crippen LogP) is 3.29. The summed E-state index contributed by atoms with van der Waals surface area (Å²) < 4.78 is 37.4. The topological polar surface area (TPSA) is 44.9 Å². The number of halogens is 3. The van der Waals surface area contributed by atoms with Crippen LogP contribution in [-0.4, -0.2) is 10.9 Å². The van der Waals surface area contributed by atoms with Gasteiger partial charge < -0.3 is 10.3 Å². The molecule has 0 radical (unpaired) electrons. The first-order valence-electron chi connectivity index (χ1n) is 5.08. The summed E-state index contributed by atoms with van der Waals surface area (Å²) in [6, 6.07) is 6.02. The number of rotatable bonds is 2. The van der Waals surface area contributed by atoms with E-state index in [1.807, 2.05) is 0 Å². The monoisotopic (exact) mass is 254 g/mol. The van der Waals surface area contributed by atoms with Gasteiger partial charge in [0, 0.05) is 18.1 Å². The fraction of sp³-hybridized carbons (Fsp3) is 0.0833. The minimum atomic E-state index is -4.42. The summed E-state index contributed by atoms with van der Waals surface area (Å²) in [7, 11) is 0. The SMILES string of the molecule is O=C(Nc1cccc(C(F)(F)F)c1)c1cc[nH]c1. The lowest BCUT2D eigenvalue weighted by Crippen LogP contribution is -2.12. The number of H-pyrrole nitrogens is 1. The molecule has 0 aliphatic carbocycles. The Labute approximate surface area is 101 Å². The van der Waals surface area contributed by atoms with Crippen molar-refractivity contribution < 1.29 is 18.0 Å². The zero-order valence-corrected chi connectivity index (χ0v) is 9.08. The molecule has 2 aromatic rings. The molecule has 6 heteroatoms. The maximum absolute atomic E-state index is 12.5.